The highest BCUT2D eigenvalue weighted by atomic mass is 19.2. The van der Waals surface area contributed by atoms with Crippen molar-refractivity contribution in [2.24, 2.45) is 11.8 Å². The summed E-state index contributed by atoms with van der Waals surface area (Å²) in [5.41, 5.74) is 2.40. The van der Waals surface area contributed by atoms with Gasteiger partial charge in [-0.05, 0) is 72.3 Å². The second-order valence-electron chi connectivity index (χ2n) is 8.39. The van der Waals surface area contributed by atoms with Crippen LogP contribution >= 0.6 is 0 Å². The van der Waals surface area contributed by atoms with Crippen molar-refractivity contribution in [2.75, 3.05) is 0 Å². The first kappa shape index (κ1) is 18.6. The minimum atomic E-state index is -1.41. The zero-order valence-corrected chi connectivity index (χ0v) is 15.7. The summed E-state index contributed by atoms with van der Waals surface area (Å²) in [5.74, 6) is -1.26. The van der Waals surface area contributed by atoms with Gasteiger partial charge in [0.2, 0.25) is 0 Å². The van der Waals surface area contributed by atoms with Gasteiger partial charge in [-0.25, -0.2) is 13.2 Å². The van der Waals surface area contributed by atoms with Gasteiger partial charge in [-0.3, -0.25) is 0 Å². The molecule has 0 nitrogen and oxygen atoms in total. The van der Waals surface area contributed by atoms with E-state index in [-0.39, 0.29) is 0 Å². The Labute approximate surface area is 159 Å². The molecule has 0 heterocycles. The van der Waals surface area contributed by atoms with Crippen LogP contribution in [0.4, 0.5) is 13.2 Å². The van der Waals surface area contributed by atoms with Gasteiger partial charge in [-0.2, -0.15) is 0 Å². The van der Waals surface area contributed by atoms with Crippen molar-refractivity contribution < 1.29 is 13.2 Å². The fourth-order valence-electron chi connectivity index (χ4n) is 5.20. The normalized spacial score (nSPS) is 24.1. The lowest BCUT2D eigenvalue weighted by Crippen LogP contribution is -2.23. The summed E-state index contributed by atoms with van der Waals surface area (Å²) >= 11 is 0. The Morgan fingerprint density at radius 3 is 1.74 bits per heavy atom. The van der Waals surface area contributed by atoms with E-state index < -0.39 is 17.5 Å². The van der Waals surface area contributed by atoms with Crippen molar-refractivity contribution in [1.82, 2.24) is 0 Å². The molecule has 3 heteroatoms. The van der Waals surface area contributed by atoms with Gasteiger partial charge in [0.15, 0.2) is 17.5 Å². The van der Waals surface area contributed by atoms with E-state index in [1.54, 1.807) is 0 Å². The van der Waals surface area contributed by atoms with Crippen LogP contribution in [0.5, 0.6) is 0 Å². The number of rotatable bonds is 3. The Morgan fingerprint density at radius 1 is 0.593 bits per heavy atom. The highest BCUT2D eigenvalue weighted by Gasteiger charge is 2.29. The fraction of sp³-hybridized carbons (Fsp3) is 0.500. The monoisotopic (exact) mass is 372 g/mol. The van der Waals surface area contributed by atoms with Crippen LogP contribution in [0.3, 0.4) is 0 Å². The molecule has 0 N–H and O–H groups in total. The standard InChI is InChI=1S/C24H27F3/c25-22-14-21(15-23(26)24(22)27)20-12-10-19(11-13-20)18-8-6-17(7-9-18)16-4-2-1-3-5-16/h10-18H,1-9H2. The molecule has 0 saturated heterocycles. The molecule has 144 valence electrons. The first-order valence-corrected chi connectivity index (χ1v) is 10.4. The minimum absolute atomic E-state index is 0.374. The Balaban J connectivity index is 1.41. The minimum Gasteiger partial charge on any atom is -0.204 e. The quantitative estimate of drug-likeness (QED) is 0.486. The van der Waals surface area contributed by atoms with Gasteiger partial charge in [0, 0.05) is 0 Å². The first-order chi connectivity index (χ1) is 13.1. The Bertz CT molecular complexity index is 744. The molecule has 4 rings (SSSR count). The number of halogens is 3. The molecule has 2 fully saturated rings. The van der Waals surface area contributed by atoms with E-state index in [1.807, 2.05) is 12.1 Å². The predicted octanol–water partition coefficient (Wildman–Crippen LogP) is 7.63. The molecule has 2 saturated carbocycles. The van der Waals surface area contributed by atoms with Gasteiger partial charge < -0.3 is 0 Å². The van der Waals surface area contributed by atoms with E-state index in [0.717, 1.165) is 24.0 Å². The molecule has 2 aliphatic rings. The third kappa shape index (κ3) is 4.07. The van der Waals surface area contributed by atoms with Gasteiger partial charge in [-0.1, -0.05) is 56.4 Å². The zero-order valence-electron chi connectivity index (χ0n) is 15.7. The molecule has 2 aliphatic carbocycles. The van der Waals surface area contributed by atoms with E-state index in [1.165, 1.54) is 63.4 Å². The maximum Gasteiger partial charge on any atom is 0.194 e. The Hall–Kier alpha value is -1.77. The summed E-state index contributed by atoms with van der Waals surface area (Å²) in [6.07, 6.45) is 12.2. The number of hydrogen-bond donors (Lipinski definition) is 0. The summed E-state index contributed by atoms with van der Waals surface area (Å²) in [4.78, 5) is 0. The molecule has 0 atom stereocenters. The van der Waals surface area contributed by atoms with Crippen molar-refractivity contribution in [3.8, 4) is 11.1 Å². The topological polar surface area (TPSA) is 0 Å². The second kappa shape index (κ2) is 8.08. The molecule has 0 aliphatic heterocycles. The van der Waals surface area contributed by atoms with Crippen molar-refractivity contribution in [3.05, 3.63) is 59.4 Å². The van der Waals surface area contributed by atoms with Crippen LogP contribution in [0.1, 0.15) is 69.3 Å². The summed E-state index contributed by atoms with van der Waals surface area (Å²) in [5, 5.41) is 0. The van der Waals surface area contributed by atoms with Crippen LogP contribution in [0, 0.1) is 29.3 Å². The van der Waals surface area contributed by atoms with Crippen LogP contribution < -0.4 is 0 Å². The highest BCUT2D eigenvalue weighted by molar-refractivity contribution is 5.64. The Kier molecular flexibility index (Phi) is 5.56. The molecular weight excluding hydrogens is 345 g/mol. The molecule has 0 amide bonds. The predicted molar refractivity (Wildman–Crippen MR) is 103 cm³/mol. The first-order valence-electron chi connectivity index (χ1n) is 10.4. The van der Waals surface area contributed by atoms with Gasteiger partial charge in [-0.15, -0.1) is 0 Å². The molecule has 0 radical (unpaired) electrons. The number of benzene rings is 2. The maximum atomic E-state index is 13.5. The summed E-state index contributed by atoms with van der Waals surface area (Å²) in [6, 6.07) is 10.1. The van der Waals surface area contributed by atoms with Crippen LogP contribution in [-0.4, -0.2) is 0 Å². The maximum absolute atomic E-state index is 13.5. The average molecular weight is 372 g/mol. The van der Waals surface area contributed by atoms with Gasteiger partial charge in [0.05, 0.1) is 0 Å². The van der Waals surface area contributed by atoms with Crippen molar-refractivity contribution in [3.63, 3.8) is 0 Å². The van der Waals surface area contributed by atoms with Crippen molar-refractivity contribution in [1.29, 1.82) is 0 Å². The van der Waals surface area contributed by atoms with Crippen LogP contribution in [0.15, 0.2) is 36.4 Å². The van der Waals surface area contributed by atoms with Crippen molar-refractivity contribution in [2.45, 2.75) is 63.7 Å². The molecule has 2 aromatic rings. The average Bonchev–Trinajstić information content (AvgIpc) is 2.72. The lowest BCUT2D eigenvalue weighted by Gasteiger charge is -2.36. The van der Waals surface area contributed by atoms with E-state index in [2.05, 4.69) is 12.1 Å². The molecule has 27 heavy (non-hydrogen) atoms. The fourth-order valence-corrected chi connectivity index (χ4v) is 5.20. The van der Waals surface area contributed by atoms with E-state index in [4.69, 9.17) is 0 Å². The number of hydrogen-bond acceptors (Lipinski definition) is 0. The summed E-state index contributed by atoms with van der Waals surface area (Å²) in [7, 11) is 0. The summed E-state index contributed by atoms with van der Waals surface area (Å²) in [6.45, 7) is 0. The molecule has 0 spiro atoms. The van der Waals surface area contributed by atoms with Gasteiger partial charge in [0.25, 0.3) is 0 Å². The van der Waals surface area contributed by atoms with Crippen LogP contribution in [-0.2, 0) is 0 Å². The Morgan fingerprint density at radius 2 is 1.15 bits per heavy atom. The lowest BCUT2D eigenvalue weighted by atomic mass is 9.70. The molecule has 2 aromatic carbocycles. The van der Waals surface area contributed by atoms with E-state index in [9.17, 15) is 13.2 Å². The van der Waals surface area contributed by atoms with Crippen molar-refractivity contribution >= 4 is 0 Å². The molecule has 0 aromatic heterocycles. The lowest BCUT2D eigenvalue weighted by molar-refractivity contribution is 0.186. The molecular formula is C24H27F3. The largest absolute Gasteiger partial charge is 0.204 e. The SMILES string of the molecule is Fc1cc(-c2ccc(C3CCC(C4CCCCC4)CC3)cc2)cc(F)c1F. The smallest absolute Gasteiger partial charge is 0.194 e. The van der Waals surface area contributed by atoms with E-state index >= 15 is 0 Å². The van der Waals surface area contributed by atoms with Crippen LogP contribution in [0.2, 0.25) is 0 Å². The third-order valence-corrected chi connectivity index (χ3v) is 6.79. The third-order valence-electron chi connectivity index (χ3n) is 6.79. The molecule has 0 bridgehead atoms. The molecule has 0 unspecified atom stereocenters. The van der Waals surface area contributed by atoms with Crippen LogP contribution in [0.25, 0.3) is 11.1 Å². The second-order valence-corrected chi connectivity index (χ2v) is 8.39. The van der Waals surface area contributed by atoms with Gasteiger partial charge in [0.1, 0.15) is 0 Å². The van der Waals surface area contributed by atoms with Gasteiger partial charge >= 0.3 is 0 Å². The highest BCUT2D eigenvalue weighted by Crippen LogP contribution is 2.43. The zero-order chi connectivity index (χ0) is 18.8. The van der Waals surface area contributed by atoms with E-state index in [0.29, 0.717) is 17.0 Å². The summed E-state index contributed by atoms with van der Waals surface area (Å²) < 4.78 is 40.1.